The molecule has 2 N–H and O–H groups in total. The van der Waals surface area contributed by atoms with Gasteiger partial charge in [0, 0.05) is 36.9 Å². The molecule has 0 unspecified atom stereocenters. The van der Waals surface area contributed by atoms with E-state index in [9.17, 15) is 9.59 Å². The summed E-state index contributed by atoms with van der Waals surface area (Å²) in [5.41, 5.74) is 1.11. The van der Waals surface area contributed by atoms with Crippen LogP contribution in [0.4, 0.5) is 5.69 Å². The van der Waals surface area contributed by atoms with Crippen molar-refractivity contribution in [1.82, 2.24) is 10.2 Å². The number of carbonyl (C=O) groups excluding carboxylic acids is 2. The molecule has 1 atom stereocenters. The standard InChI is InChI=1S/C17H18BrN3O3.ClH/c1-11-10-19-7-8-21(11)17(23)12-3-2-4-13(9-12)20-16(22)14-5-6-15(18)24-14;/h2-6,9,11,19H,7-8,10H2,1H3,(H,20,22);1H/t11-;/m0./s1. The summed E-state index contributed by atoms with van der Waals surface area (Å²) in [6, 6.07) is 10.3. The van der Waals surface area contributed by atoms with Gasteiger partial charge in [-0.1, -0.05) is 6.07 Å². The van der Waals surface area contributed by atoms with Crippen LogP contribution >= 0.6 is 28.3 Å². The first-order chi connectivity index (χ1) is 11.5. The van der Waals surface area contributed by atoms with Gasteiger partial charge in [-0.15, -0.1) is 12.4 Å². The van der Waals surface area contributed by atoms with Gasteiger partial charge >= 0.3 is 0 Å². The Morgan fingerprint density at radius 1 is 1.32 bits per heavy atom. The number of rotatable bonds is 3. The largest absolute Gasteiger partial charge is 0.444 e. The number of halogens is 2. The highest BCUT2D eigenvalue weighted by Gasteiger charge is 2.24. The maximum Gasteiger partial charge on any atom is 0.291 e. The van der Waals surface area contributed by atoms with Crippen molar-refractivity contribution in [2.45, 2.75) is 13.0 Å². The summed E-state index contributed by atoms with van der Waals surface area (Å²) in [4.78, 5) is 26.7. The third-order valence-electron chi connectivity index (χ3n) is 3.93. The lowest BCUT2D eigenvalue weighted by atomic mass is 10.1. The van der Waals surface area contributed by atoms with Crippen molar-refractivity contribution in [3.63, 3.8) is 0 Å². The number of benzene rings is 1. The highest BCUT2D eigenvalue weighted by molar-refractivity contribution is 9.10. The minimum atomic E-state index is -0.360. The quantitative estimate of drug-likeness (QED) is 0.787. The van der Waals surface area contributed by atoms with Gasteiger partial charge in [-0.05, 0) is 53.2 Å². The lowest BCUT2D eigenvalue weighted by Crippen LogP contribution is -2.52. The second kappa shape index (κ2) is 8.51. The molecular formula is C17H19BrClN3O3. The van der Waals surface area contributed by atoms with E-state index in [-0.39, 0.29) is 36.0 Å². The number of carbonyl (C=O) groups is 2. The van der Waals surface area contributed by atoms with Crippen LogP contribution in [0.2, 0.25) is 0 Å². The van der Waals surface area contributed by atoms with E-state index in [0.717, 1.165) is 13.1 Å². The van der Waals surface area contributed by atoms with Crippen LogP contribution in [0.1, 0.15) is 27.8 Å². The summed E-state index contributed by atoms with van der Waals surface area (Å²) in [7, 11) is 0. The fourth-order valence-electron chi connectivity index (χ4n) is 2.67. The van der Waals surface area contributed by atoms with E-state index in [1.165, 1.54) is 0 Å². The minimum absolute atomic E-state index is 0. The SMILES string of the molecule is C[C@H]1CNCCN1C(=O)c1cccc(NC(=O)c2ccc(Br)o2)c1.Cl. The molecule has 1 saturated heterocycles. The Labute approximate surface area is 160 Å². The predicted molar refractivity (Wildman–Crippen MR) is 101 cm³/mol. The van der Waals surface area contributed by atoms with E-state index in [1.54, 1.807) is 36.4 Å². The van der Waals surface area contributed by atoms with Crippen LogP contribution in [0.3, 0.4) is 0 Å². The molecule has 0 aliphatic carbocycles. The van der Waals surface area contributed by atoms with Gasteiger partial charge in [0.15, 0.2) is 10.4 Å². The van der Waals surface area contributed by atoms with Gasteiger partial charge in [0.1, 0.15) is 0 Å². The van der Waals surface area contributed by atoms with Gasteiger partial charge in [-0.3, -0.25) is 9.59 Å². The number of furan rings is 1. The first-order valence-corrected chi connectivity index (χ1v) is 8.52. The van der Waals surface area contributed by atoms with Crippen molar-refractivity contribution < 1.29 is 14.0 Å². The van der Waals surface area contributed by atoms with Crippen LogP contribution < -0.4 is 10.6 Å². The molecule has 2 amide bonds. The third kappa shape index (κ3) is 4.62. The third-order valence-corrected chi connectivity index (χ3v) is 4.35. The number of amides is 2. The van der Waals surface area contributed by atoms with E-state index in [2.05, 4.69) is 26.6 Å². The number of hydrogen-bond acceptors (Lipinski definition) is 4. The molecule has 0 radical (unpaired) electrons. The van der Waals surface area contributed by atoms with Crippen molar-refractivity contribution in [3.05, 3.63) is 52.4 Å². The van der Waals surface area contributed by atoms with Crippen LogP contribution in [0, 0.1) is 0 Å². The Kier molecular flexibility index (Phi) is 6.64. The van der Waals surface area contributed by atoms with Gasteiger partial charge in [0.2, 0.25) is 0 Å². The fraction of sp³-hybridized carbons (Fsp3) is 0.294. The number of anilines is 1. The summed E-state index contributed by atoms with van der Waals surface area (Å²) in [5, 5.41) is 6.01. The molecule has 3 rings (SSSR count). The van der Waals surface area contributed by atoms with E-state index < -0.39 is 0 Å². The average Bonchev–Trinajstić information content (AvgIpc) is 3.01. The fourth-order valence-corrected chi connectivity index (χ4v) is 2.97. The smallest absolute Gasteiger partial charge is 0.291 e. The zero-order chi connectivity index (χ0) is 17.1. The molecule has 0 bridgehead atoms. The highest BCUT2D eigenvalue weighted by atomic mass is 79.9. The number of nitrogens with zero attached hydrogens (tertiary/aromatic N) is 1. The zero-order valence-corrected chi connectivity index (χ0v) is 16.0. The molecule has 25 heavy (non-hydrogen) atoms. The normalized spacial score (nSPS) is 16.9. The number of piperazine rings is 1. The summed E-state index contributed by atoms with van der Waals surface area (Å²) in [5.74, 6) is -0.184. The summed E-state index contributed by atoms with van der Waals surface area (Å²) < 4.78 is 5.72. The maximum absolute atomic E-state index is 12.7. The van der Waals surface area contributed by atoms with Gasteiger partial charge in [-0.2, -0.15) is 0 Å². The Hall–Kier alpha value is -1.83. The van der Waals surface area contributed by atoms with Crippen molar-refractivity contribution in [2.75, 3.05) is 25.0 Å². The maximum atomic E-state index is 12.7. The van der Waals surface area contributed by atoms with E-state index >= 15 is 0 Å². The van der Waals surface area contributed by atoms with Gasteiger partial charge in [-0.25, -0.2) is 0 Å². The number of nitrogens with one attached hydrogen (secondary N) is 2. The monoisotopic (exact) mass is 427 g/mol. The average molecular weight is 429 g/mol. The van der Waals surface area contributed by atoms with Gasteiger partial charge < -0.3 is 20.0 Å². The molecule has 1 aliphatic heterocycles. The Morgan fingerprint density at radius 2 is 2.12 bits per heavy atom. The first kappa shape index (κ1) is 19.5. The van der Waals surface area contributed by atoms with Crippen molar-refractivity contribution in [3.8, 4) is 0 Å². The van der Waals surface area contributed by atoms with E-state index in [1.807, 2.05) is 11.8 Å². The van der Waals surface area contributed by atoms with Crippen LogP contribution in [0.15, 0.2) is 45.5 Å². The Balaban J connectivity index is 0.00000225. The molecule has 134 valence electrons. The summed E-state index contributed by atoms with van der Waals surface area (Å²) in [6.45, 7) is 4.27. The van der Waals surface area contributed by atoms with Crippen molar-refractivity contribution in [1.29, 1.82) is 0 Å². The Bertz CT molecular complexity index is 765. The molecule has 0 spiro atoms. The Morgan fingerprint density at radius 3 is 2.80 bits per heavy atom. The molecule has 1 fully saturated rings. The molecular weight excluding hydrogens is 410 g/mol. The molecule has 2 heterocycles. The lowest BCUT2D eigenvalue weighted by Gasteiger charge is -2.34. The van der Waals surface area contributed by atoms with E-state index in [0.29, 0.717) is 22.5 Å². The molecule has 6 nitrogen and oxygen atoms in total. The minimum Gasteiger partial charge on any atom is -0.444 e. The van der Waals surface area contributed by atoms with Crippen molar-refractivity contribution in [2.24, 2.45) is 0 Å². The predicted octanol–water partition coefficient (Wildman–Crippen LogP) is 3.15. The van der Waals surface area contributed by atoms with Crippen molar-refractivity contribution >= 4 is 45.8 Å². The summed E-state index contributed by atoms with van der Waals surface area (Å²) >= 11 is 3.16. The molecule has 2 aromatic rings. The first-order valence-electron chi connectivity index (χ1n) is 7.73. The molecule has 1 aromatic heterocycles. The molecule has 0 saturated carbocycles. The lowest BCUT2D eigenvalue weighted by molar-refractivity contribution is 0.0655. The van der Waals surface area contributed by atoms with Crippen LogP contribution in [-0.4, -0.2) is 42.4 Å². The van der Waals surface area contributed by atoms with E-state index in [4.69, 9.17) is 4.42 Å². The molecule has 1 aliphatic rings. The zero-order valence-electron chi connectivity index (χ0n) is 13.6. The van der Waals surface area contributed by atoms with Crippen LogP contribution in [-0.2, 0) is 0 Å². The topological polar surface area (TPSA) is 74.6 Å². The molecule has 8 heteroatoms. The van der Waals surface area contributed by atoms with Gasteiger partial charge in [0.05, 0.1) is 0 Å². The second-order valence-electron chi connectivity index (χ2n) is 5.69. The van der Waals surface area contributed by atoms with Crippen LogP contribution in [0.25, 0.3) is 0 Å². The van der Waals surface area contributed by atoms with Gasteiger partial charge in [0.25, 0.3) is 11.8 Å². The second-order valence-corrected chi connectivity index (χ2v) is 6.47. The summed E-state index contributed by atoms with van der Waals surface area (Å²) in [6.07, 6.45) is 0. The highest BCUT2D eigenvalue weighted by Crippen LogP contribution is 2.18. The molecule has 1 aromatic carbocycles. The number of hydrogen-bond donors (Lipinski definition) is 2. The van der Waals surface area contributed by atoms with Crippen LogP contribution in [0.5, 0.6) is 0 Å².